The van der Waals surface area contributed by atoms with Gasteiger partial charge in [-0.3, -0.25) is 4.79 Å². The van der Waals surface area contributed by atoms with Crippen LogP contribution in [0.15, 0.2) is 35.9 Å². The molecule has 1 fully saturated rings. The molecule has 6 nitrogen and oxygen atoms in total. The second-order valence-corrected chi connectivity index (χ2v) is 9.38. The van der Waals surface area contributed by atoms with Crippen LogP contribution in [-0.2, 0) is 14.3 Å². The van der Waals surface area contributed by atoms with Gasteiger partial charge >= 0.3 is 11.9 Å². The lowest BCUT2D eigenvalue weighted by Crippen LogP contribution is -2.50. The van der Waals surface area contributed by atoms with Crippen molar-refractivity contribution in [2.75, 3.05) is 0 Å². The number of hydrogen-bond donors (Lipinski definition) is 2. The van der Waals surface area contributed by atoms with E-state index in [1.54, 1.807) is 0 Å². The molecule has 0 saturated heterocycles. The minimum absolute atomic E-state index is 0.0709. The van der Waals surface area contributed by atoms with Gasteiger partial charge in [-0.2, -0.15) is 0 Å². The van der Waals surface area contributed by atoms with E-state index in [-0.39, 0.29) is 17.6 Å². The van der Waals surface area contributed by atoms with Gasteiger partial charge < -0.3 is 19.7 Å². The molecule has 0 aromatic heterocycles. The van der Waals surface area contributed by atoms with Gasteiger partial charge in [0.1, 0.15) is 18.0 Å². The van der Waals surface area contributed by atoms with Gasteiger partial charge in [0.25, 0.3) is 0 Å². The van der Waals surface area contributed by atoms with Gasteiger partial charge in [0.2, 0.25) is 0 Å². The summed E-state index contributed by atoms with van der Waals surface area (Å²) in [6.07, 6.45) is 2.51. The minimum atomic E-state index is -1.15. The molecule has 0 aliphatic heterocycles. The topological polar surface area (TPSA) is 93.1 Å². The predicted octanol–water partition coefficient (Wildman–Crippen LogP) is 4.00. The number of aromatic hydroxyl groups is 1. The summed E-state index contributed by atoms with van der Waals surface area (Å²) in [6, 6.07) is 5.91. The Kier molecular flexibility index (Phi) is 6.01. The number of allylic oxidation sites excluding steroid dienone is 1. The molecule has 1 aromatic rings. The zero-order valence-corrected chi connectivity index (χ0v) is 18.3. The number of phenolic OH excluding ortho intramolecular Hbond substituents is 1. The van der Waals surface area contributed by atoms with E-state index >= 15 is 0 Å². The summed E-state index contributed by atoms with van der Waals surface area (Å²) >= 11 is 0. The van der Waals surface area contributed by atoms with Crippen LogP contribution in [0.5, 0.6) is 5.75 Å². The van der Waals surface area contributed by atoms with Crippen LogP contribution < -0.4 is 0 Å². The highest BCUT2D eigenvalue weighted by Crippen LogP contribution is 2.59. The van der Waals surface area contributed by atoms with Crippen molar-refractivity contribution >= 4 is 11.9 Å². The van der Waals surface area contributed by atoms with Crippen molar-refractivity contribution in [1.82, 2.24) is 0 Å². The SMILES string of the molecule is CC(=O)OC1CC(O)(C(C)C)C2C(OC(=O)c3ccc(O)cc3)CC(C)=CCC12C. The van der Waals surface area contributed by atoms with Crippen molar-refractivity contribution in [2.45, 2.75) is 71.7 Å². The van der Waals surface area contributed by atoms with Gasteiger partial charge in [-0.25, -0.2) is 4.79 Å². The number of carbonyl (C=O) groups excluding carboxylic acids is 2. The summed E-state index contributed by atoms with van der Waals surface area (Å²) in [6.45, 7) is 9.27. The number of hydrogen-bond acceptors (Lipinski definition) is 6. The molecule has 5 atom stereocenters. The fraction of sp³-hybridized carbons (Fsp3) is 0.583. The number of fused-ring (bicyclic) bond motifs is 1. The molecule has 30 heavy (non-hydrogen) atoms. The Morgan fingerprint density at radius 3 is 2.37 bits per heavy atom. The Balaban J connectivity index is 2.00. The third-order valence-electron chi connectivity index (χ3n) is 6.95. The van der Waals surface area contributed by atoms with E-state index in [0.29, 0.717) is 24.8 Å². The van der Waals surface area contributed by atoms with Crippen molar-refractivity contribution < 1.29 is 29.3 Å². The van der Waals surface area contributed by atoms with E-state index in [4.69, 9.17) is 9.47 Å². The van der Waals surface area contributed by atoms with E-state index in [1.165, 1.54) is 31.2 Å². The van der Waals surface area contributed by atoms with Crippen LogP contribution in [0.4, 0.5) is 0 Å². The fourth-order valence-corrected chi connectivity index (χ4v) is 5.23. The zero-order chi connectivity index (χ0) is 22.3. The van der Waals surface area contributed by atoms with E-state index in [2.05, 4.69) is 6.08 Å². The second-order valence-electron chi connectivity index (χ2n) is 9.38. The molecule has 0 bridgehead atoms. The molecule has 0 spiro atoms. The molecule has 2 N–H and O–H groups in total. The zero-order valence-electron chi connectivity index (χ0n) is 18.3. The molecule has 2 aliphatic rings. The number of rotatable bonds is 4. The maximum atomic E-state index is 12.9. The van der Waals surface area contributed by atoms with E-state index in [1.807, 2.05) is 27.7 Å². The number of phenols is 1. The average Bonchev–Trinajstić information content (AvgIpc) is 2.78. The highest BCUT2D eigenvalue weighted by Gasteiger charge is 2.65. The third-order valence-corrected chi connectivity index (χ3v) is 6.95. The lowest BCUT2D eigenvalue weighted by molar-refractivity contribution is -0.153. The predicted molar refractivity (Wildman–Crippen MR) is 112 cm³/mol. The van der Waals surface area contributed by atoms with Crippen LogP contribution in [0.2, 0.25) is 0 Å². The molecule has 164 valence electrons. The first-order chi connectivity index (χ1) is 14.0. The van der Waals surface area contributed by atoms with Gasteiger partial charge in [-0.05, 0) is 43.5 Å². The van der Waals surface area contributed by atoms with Gasteiger partial charge in [-0.1, -0.05) is 32.4 Å². The molecule has 1 aromatic carbocycles. The number of esters is 2. The number of aliphatic hydroxyl groups is 1. The highest BCUT2D eigenvalue weighted by atomic mass is 16.6. The molecule has 2 aliphatic carbocycles. The lowest BCUT2D eigenvalue weighted by atomic mass is 9.67. The molecular weight excluding hydrogens is 384 g/mol. The Morgan fingerprint density at radius 2 is 1.80 bits per heavy atom. The van der Waals surface area contributed by atoms with Gasteiger partial charge in [0, 0.05) is 31.1 Å². The average molecular weight is 417 g/mol. The van der Waals surface area contributed by atoms with Crippen LogP contribution in [0.3, 0.4) is 0 Å². The number of carbonyl (C=O) groups is 2. The van der Waals surface area contributed by atoms with Crippen molar-refractivity contribution in [3.8, 4) is 5.75 Å². The summed E-state index contributed by atoms with van der Waals surface area (Å²) < 4.78 is 11.7. The monoisotopic (exact) mass is 416 g/mol. The summed E-state index contributed by atoms with van der Waals surface area (Å²) in [5.74, 6) is -1.32. The van der Waals surface area contributed by atoms with E-state index in [9.17, 15) is 19.8 Å². The van der Waals surface area contributed by atoms with Crippen molar-refractivity contribution in [1.29, 1.82) is 0 Å². The molecule has 0 radical (unpaired) electrons. The molecule has 5 unspecified atom stereocenters. The van der Waals surface area contributed by atoms with Crippen molar-refractivity contribution in [3.63, 3.8) is 0 Å². The normalized spacial score (nSPS) is 33.4. The summed E-state index contributed by atoms with van der Waals surface area (Å²) in [7, 11) is 0. The third kappa shape index (κ3) is 3.97. The molecule has 3 rings (SSSR count). The number of ether oxygens (including phenoxy) is 2. The van der Waals surface area contributed by atoms with Crippen LogP contribution in [-0.4, -0.2) is 40.0 Å². The number of benzene rings is 1. The fourth-order valence-electron chi connectivity index (χ4n) is 5.23. The van der Waals surface area contributed by atoms with Crippen LogP contribution in [0.25, 0.3) is 0 Å². The minimum Gasteiger partial charge on any atom is -0.508 e. The van der Waals surface area contributed by atoms with Crippen molar-refractivity contribution in [3.05, 3.63) is 41.5 Å². The van der Waals surface area contributed by atoms with Crippen LogP contribution >= 0.6 is 0 Å². The molecule has 6 heteroatoms. The Labute approximate surface area is 177 Å². The van der Waals surface area contributed by atoms with E-state index in [0.717, 1.165) is 5.57 Å². The van der Waals surface area contributed by atoms with E-state index < -0.39 is 35.1 Å². The summed E-state index contributed by atoms with van der Waals surface area (Å²) in [4.78, 5) is 24.7. The maximum absolute atomic E-state index is 12.9. The Morgan fingerprint density at radius 1 is 1.17 bits per heavy atom. The standard InChI is InChI=1S/C24H32O6/c1-14(2)24(28)13-20(29-16(4)25)23(5)11-10-15(3)12-19(21(23)24)30-22(27)17-6-8-18(26)9-7-17/h6-10,14,19-21,26,28H,11-13H2,1-5H3. The van der Waals surface area contributed by atoms with Crippen LogP contribution in [0.1, 0.15) is 64.2 Å². The second kappa shape index (κ2) is 8.06. The Hall–Kier alpha value is -2.34. The molecule has 1 saturated carbocycles. The maximum Gasteiger partial charge on any atom is 0.338 e. The molecular formula is C24H32O6. The lowest BCUT2D eigenvalue weighted by Gasteiger charge is -2.43. The molecule has 0 heterocycles. The smallest absolute Gasteiger partial charge is 0.338 e. The first-order valence-corrected chi connectivity index (χ1v) is 10.5. The Bertz CT molecular complexity index is 842. The van der Waals surface area contributed by atoms with Crippen LogP contribution in [0, 0.1) is 17.3 Å². The summed E-state index contributed by atoms with van der Waals surface area (Å²) in [5, 5.41) is 21.3. The molecule has 0 amide bonds. The first kappa shape index (κ1) is 22.3. The van der Waals surface area contributed by atoms with Crippen molar-refractivity contribution in [2.24, 2.45) is 17.3 Å². The highest BCUT2D eigenvalue weighted by molar-refractivity contribution is 5.89. The largest absolute Gasteiger partial charge is 0.508 e. The quantitative estimate of drug-likeness (QED) is 0.569. The van der Waals surface area contributed by atoms with Gasteiger partial charge in [0.15, 0.2) is 0 Å². The van der Waals surface area contributed by atoms with Gasteiger partial charge in [0.05, 0.1) is 11.2 Å². The van der Waals surface area contributed by atoms with Gasteiger partial charge in [-0.15, -0.1) is 0 Å². The first-order valence-electron chi connectivity index (χ1n) is 10.5. The summed E-state index contributed by atoms with van der Waals surface area (Å²) in [5.41, 5.74) is -0.305.